The van der Waals surface area contributed by atoms with E-state index in [1.807, 2.05) is 12.1 Å². The summed E-state index contributed by atoms with van der Waals surface area (Å²) in [6.45, 7) is 1.02. The number of rotatable bonds is 1. The normalized spacial score (nSPS) is 14.5. The molecule has 2 nitrogen and oxygen atoms in total. The molecule has 1 aliphatic heterocycles. The van der Waals surface area contributed by atoms with Gasteiger partial charge in [0.05, 0.1) is 0 Å². The summed E-state index contributed by atoms with van der Waals surface area (Å²) in [6.07, 6.45) is 2.15. The number of halogens is 1. The topological polar surface area (TPSA) is 29.1 Å². The van der Waals surface area contributed by atoms with Crippen LogP contribution in [0.1, 0.15) is 22.3 Å². The van der Waals surface area contributed by atoms with Gasteiger partial charge in [-0.2, -0.15) is 0 Å². The first-order chi connectivity index (χ1) is 6.27. The Morgan fingerprint density at radius 2 is 2.31 bits per heavy atom. The van der Waals surface area contributed by atoms with Crippen LogP contribution in [0.4, 0.5) is 5.69 Å². The van der Waals surface area contributed by atoms with Crippen molar-refractivity contribution >= 4 is 22.5 Å². The molecule has 3 heteroatoms. The number of carbonyl (C=O) groups excluding carboxylic acids is 1. The van der Waals surface area contributed by atoms with E-state index < -0.39 is 0 Å². The molecular weight excluding hydrogens is 186 g/mol. The lowest BCUT2D eigenvalue weighted by molar-refractivity contribution is 0.108. The Kier molecular flexibility index (Phi) is 2.23. The molecule has 0 fully saturated rings. The standard InChI is InChI=1S/C10H10ClNO/c11-10(13)8-3-4-9-7(6-8)2-1-5-12-9/h3-4,6,12H,1-2,5H2. The molecule has 1 N–H and O–H groups in total. The third-order valence-corrected chi connectivity index (χ3v) is 2.49. The number of fused-ring (bicyclic) bond motifs is 1. The van der Waals surface area contributed by atoms with Crippen LogP contribution in [0.15, 0.2) is 18.2 Å². The van der Waals surface area contributed by atoms with Gasteiger partial charge in [-0.15, -0.1) is 0 Å². The molecule has 68 valence electrons. The number of anilines is 1. The van der Waals surface area contributed by atoms with Crippen molar-refractivity contribution in [2.75, 3.05) is 11.9 Å². The van der Waals surface area contributed by atoms with Crippen LogP contribution in [0, 0.1) is 0 Å². The largest absolute Gasteiger partial charge is 0.385 e. The highest BCUT2D eigenvalue weighted by Gasteiger charge is 2.10. The SMILES string of the molecule is O=C(Cl)c1ccc2c(c1)CCCN2. The van der Waals surface area contributed by atoms with Gasteiger partial charge in [-0.1, -0.05) is 0 Å². The maximum Gasteiger partial charge on any atom is 0.252 e. The first-order valence-electron chi connectivity index (χ1n) is 4.34. The van der Waals surface area contributed by atoms with Crippen LogP contribution in [-0.4, -0.2) is 11.8 Å². The minimum absolute atomic E-state index is 0.381. The second-order valence-electron chi connectivity index (χ2n) is 3.18. The van der Waals surface area contributed by atoms with E-state index in [1.165, 1.54) is 5.56 Å². The van der Waals surface area contributed by atoms with Crippen molar-refractivity contribution in [3.05, 3.63) is 29.3 Å². The molecule has 1 heterocycles. The molecule has 0 aromatic heterocycles. The summed E-state index contributed by atoms with van der Waals surface area (Å²) in [7, 11) is 0. The molecule has 0 bridgehead atoms. The van der Waals surface area contributed by atoms with Crippen LogP contribution in [0.25, 0.3) is 0 Å². The van der Waals surface area contributed by atoms with Gasteiger partial charge in [-0.3, -0.25) is 4.79 Å². The Morgan fingerprint density at radius 3 is 3.08 bits per heavy atom. The molecule has 2 rings (SSSR count). The van der Waals surface area contributed by atoms with Crippen LogP contribution in [0.3, 0.4) is 0 Å². The highest BCUT2D eigenvalue weighted by Crippen LogP contribution is 2.23. The summed E-state index contributed by atoms with van der Waals surface area (Å²) in [4.78, 5) is 10.9. The summed E-state index contributed by atoms with van der Waals surface area (Å²) in [5.41, 5.74) is 2.91. The molecular formula is C10H10ClNO. The minimum atomic E-state index is -0.381. The zero-order chi connectivity index (χ0) is 9.26. The summed E-state index contributed by atoms with van der Waals surface area (Å²) in [6, 6.07) is 5.55. The lowest BCUT2D eigenvalue weighted by Crippen LogP contribution is -2.11. The van der Waals surface area contributed by atoms with Gasteiger partial charge in [0, 0.05) is 17.8 Å². The average molecular weight is 196 g/mol. The highest BCUT2D eigenvalue weighted by atomic mass is 35.5. The van der Waals surface area contributed by atoms with Crippen LogP contribution in [-0.2, 0) is 6.42 Å². The molecule has 0 saturated carbocycles. The number of hydrogen-bond acceptors (Lipinski definition) is 2. The quantitative estimate of drug-likeness (QED) is 0.698. The fourth-order valence-electron chi connectivity index (χ4n) is 1.60. The zero-order valence-electron chi connectivity index (χ0n) is 7.14. The minimum Gasteiger partial charge on any atom is -0.385 e. The third kappa shape index (κ3) is 1.68. The predicted octanol–water partition coefficient (Wildman–Crippen LogP) is 2.42. The molecule has 0 aliphatic carbocycles. The highest BCUT2D eigenvalue weighted by molar-refractivity contribution is 6.67. The van der Waals surface area contributed by atoms with Crippen molar-refractivity contribution in [3.8, 4) is 0 Å². The van der Waals surface area contributed by atoms with Gasteiger partial charge < -0.3 is 5.32 Å². The maximum atomic E-state index is 10.9. The van der Waals surface area contributed by atoms with E-state index >= 15 is 0 Å². The van der Waals surface area contributed by atoms with E-state index in [0.29, 0.717) is 5.56 Å². The monoisotopic (exact) mass is 195 g/mol. The Hall–Kier alpha value is -1.02. The molecule has 0 unspecified atom stereocenters. The van der Waals surface area contributed by atoms with Crippen LogP contribution in [0.2, 0.25) is 0 Å². The summed E-state index contributed by atoms with van der Waals surface area (Å²) < 4.78 is 0. The Balaban J connectivity index is 2.40. The second kappa shape index (κ2) is 3.38. The number of benzene rings is 1. The van der Waals surface area contributed by atoms with Crippen LogP contribution < -0.4 is 5.32 Å². The Labute approximate surface area is 81.9 Å². The molecule has 1 aromatic carbocycles. The van der Waals surface area contributed by atoms with Gasteiger partial charge in [0.2, 0.25) is 0 Å². The number of hydrogen-bond donors (Lipinski definition) is 1. The van der Waals surface area contributed by atoms with Crippen LogP contribution >= 0.6 is 11.6 Å². The van der Waals surface area contributed by atoms with Gasteiger partial charge in [0.25, 0.3) is 5.24 Å². The fraction of sp³-hybridized carbons (Fsp3) is 0.300. The second-order valence-corrected chi connectivity index (χ2v) is 3.52. The van der Waals surface area contributed by atoms with E-state index in [4.69, 9.17) is 11.6 Å². The molecule has 0 radical (unpaired) electrons. The predicted molar refractivity (Wildman–Crippen MR) is 53.4 cm³/mol. The first-order valence-corrected chi connectivity index (χ1v) is 4.72. The van der Waals surface area contributed by atoms with Gasteiger partial charge >= 0.3 is 0 Å². The molecule has 0 spiro atoms. The van der Waals surface area contributed by atoms with Gasteiger partial charge in [0.1, 0.15) is 0 Å². The van der Waals surface area contributed by atoms with Crippen molar-refractivity contribution in [3.63, 3.8) is 0 Å². The van der Waals surface area contributed by atoms with Crippen molar-refractivity contribution in [2.24, 2.45) is 0 Å². The van der Waals surface area contributed by atoms with Gasteiger partial charge in [-0.25, -0.2) is 0 Å². The molecule has 0 atom stereocenters. The van der Waals surface area contributed by atoms with Crippen LogP contribution in [0.5, 0.6) is 0 Å². The van der Waals surface area contributed by atoms with E-state index in [1.54, 1.807) is 6.07 Å². The summed E-state index contributed by atoms with van der Waals surface area (Å²) in [5, 5.41) is 2.89. The van der Waals surface area contributed by atoms with Gasteiger partial charge in [-0.05, 0) is 48.2 Å². The van der Waals surface area contributed by atoms with E-state index in [2.05, 4.69) is 5.32 Å². The number of aryl methyl sites for hydroxylation is 1. The molecule has 13 heavy (non-hydrogen) atoms. The maximum absolute atomic E-state index is 10.9. The average Bonchev–Trinajstić information content (AvgIpc) is 2.17. The smallest absolute Gasteiger partial charge is 0.252 e. The number of nitrogens with one attached hydrogen (secondary N) is 1. The fourth-order valence-corrected chi connectivity index (χ4v) is 1.71. The van der Waals surface area contributed by atoms with E-state index in [9.17, 15) is 4.79 Å². The van der Waals surface area contributed by atoms with E-state index in [0.717, 1.165) is 25.1 Å². The van der Waals surface area contributed by atoms with Gasteiger partial charge in [0.15, 0.2) is 0 Å². The molecule has 1 aromatic rings. The van der Waals surface area contributed by atoms with Crippen molar-refractivity contribution < 1.29 is 4.79 Å². The Morgan fingerprint density at radius 1 is 1.46 bits per heavy atom. The zero-order valence-corrected chi connectivity index (χ0v) is 7.90. The Bertz CT molecular complexity index is 349. The summed E-state index contributed by atoms with van der Waals surface area (Å²) in [5.74, 6) is 0. The molecule has 1 aliphatic rings. The van der Waals surface area contributed by atoms with Crippen molar-refractivity contribution in [2.45, 2.75) is 12.8 Å². The lowest BCUT2D eigenvalue weighted by Gasteiger charge is -2.17. The van der Waals surface area contributed by atoms with Crippen molar-refractivity contribution in [1.29, 1.82) is 0 Å². The third-order valence-electron chi connectivity index (χ3n) is 2.27. The van der Waals surface area contributed by atoms with E-state index in [-0.39, 0.29) is 5.24 Å². The molecule has 0 saturated heterocycles. The first kappa shape index (κ1) is 8.57. The number of carbonyl (C=O) groups is 1. The lowest BCUT2D eigenvalue weighted by atomic mass is 10.0. The molecule has 0 amide bonds. The summed E-state index contributed by atoms with van der Waals surface area (Å²) >= 11 is 5.39. The van der Waals surface area contributed by atoms with Crippen molar-refractivity contribution in [1.82, 2.24) is 0 Å².